The molecule has 166 valence electrons. The van der Waals surface area contributed by atoms with Crippen LogP contribution in [0.4, 0.5) is 0 Å². The van der Waals surface area contributed by atoms with Gasteiger partial charge in [0.2, 0.25) is 10.0 Å². The number of sulfonamides is 1. The van der Waals surface area contributed by atoms with Crippen LogP contribution in [0.5, 0.6) is 5.75 Å². The average Bonchev–Trinajstić information content (AvgIpc) is 3.08. The minimum atomic E-state index is -3.77. The van der Waals surface area contributed by atoms with Gasteiger partial charge in [0.05, 0.1) is 27.7 Å². The van der Waals surface area contributed by atoms with Gasteiger partial charge in [-0.1, -0.05) is 53.3 Å². The minimum absolute atomic E-state index is 0.108. The lowest BCUT2D eigenvalue weighted by Crippen LogP contribution is -2.36. The second kappa shape index (κ2) is 9.46. The molecular weight excluding hydrogens is 468 g/mol. The van der Waals surface area contributed by atoms with Gasteiger partial charge in [-0.2, -0.15) is 0 Å². The number of halogens is 1. The minimum Gasteiger partial charge on any atom is -0.492 e. The van der Waals surface area contributed by atoms with Crippen molar-refractivity contribution in [2.75, 3.05) is 6.61 Å². The van der Waals surface area contributed by atoms with Gasteiger partial charge >= 0.3 is 4.87 Å². The van der Waals surface area contributed by atoms with Crippen molar-refractivity contribution in [3.8, 4) is 5.75 Å². The van der Waals surface area contributed by atoms with Crippen molar-refractivity contribution in [1.82, 2.24) is 9.29 Å². The largest absolute Gasteiger partial charge is 0.492 e. The van der Waals surface area contributed by atoms with Crippen molar-refractivity contribution in [3.63, 3.8) is 0 Å². The lowest BCUT2D eigenvalue weighted by atomic mass is 10.2. The number of hydrogen-bond acceptors (Lipinski definition) is 5. The third kappa shape index (κ3) is 5.21. The van der Waals surface area contributed by atoms with Crippen molar-refractivity contribution in [2.24, 2.45) is 0 Å². The SMILES string of the molecule is C[C@H](COc1ccccc1)NS(=O)(=O)c1ccc2c(c1)sc(=O)n2Cc1ccc(Cl)cc1. The third-order valence-corrected chi connectivity index (χ3v) is 7.58. The van der Waals surface area contributed by atoms with E-state index in [0.29, 0.717) is 27.5 Å². The van der Waals surface area contributed by atoms with E-state index >= 15 is 0 Å². The first-order chi connectivity index (χ1) is 15.3. The standard InChI is InChI=1S/C23H21ClN2O4S2/c1-16(15-30-19-5-3-2-4-6-19)25-32(28,29)20-11-12-21-22(13-20)31-23(27)26(21)14-17-7-9-18(24)10-8-17/h2-13,16,25H,14-15H2,1H3/t16-/m1/s1. The summed E-state index contributed by atoms with van der Waals surface area (Å²) in [5, 5.41) is 0.627. The molecule has 0 aliphatic rings. The summed E-state index contributed by atoms with van der Waals surface area (Å²) in [7, 11) is -3.77. The molecular formula is C23H21ClN2O4S2. The summed E-state index contributed by atoms with van der Waals surface area (Å²) in [6.07, 6.45) is 0. The lowest BCUT2D eigenvalue weighted by molar-refractivity contribution is 0.287. The Morgan fingerprint density at radius 2 is 1.78 bits per heavy atom. The quantitative estimate of drug-likeness (QED) is 0.396. The highest BCUT2D eigenvalue weighted by Crippen LogP contribution is 2.23. The Morgan fingerprint density at radius 3 is 2.50 bits per heavy atom. The molecule has 32 heavy (non-hydrogen) atoms. The molecule has 0 amide bonds. The van der Waals surface area contributed by atoms with Crippen LogP contribution in [0.2, 0.25) is 5.02 Å². The van der Waals surface area contributed by atoms with Gasteiger partial charge in [-0.25, -0.2) is 13.1 Å². The van der Waals surface area contributed by atoms with Gasteiger partial charge in [-0.15, -0.1) is 0 Å². The Morgan fingerprint density at radius 1 is 1.06 bits per heavy atom. The van der Waals surface area contributed by atoms with Crippen LogP contribution in [0.15, 0.2) is 82.5 Å². The number of hydrogen-bond donors (Lipinski definition) is 1. The van der Waals surface area contributed by atoms with Crippen LogP contribution in [0, 0.1) is 0 Å². The van der Waals surface area contributed by atoms with Gasteiger partial charge in [-0.3, -0.25) is 9.36 Å². The summed E-state index contributed by atoms with van der Waals surface area (Å²) >= 11 is 6.95. The second-order valence-electron chi connectivity index (χ2n) is 7.36. The Kier molecular flexibility index (Phi) is 6.66. The number of para-hydroxylation sites is 1. The van der Waals surface area contributed by atoms with E-state index in [-0.39, 0.29) is 16.4 Å². The second-order valence-corrected chi connectivity index (χ2v) is 10.5. The summed E-state index contributed by atoms with van der Waals surface area (Å²) in [6.45, 7) is 2.31. The van der Waals surface area contributed by atoms with Crippen molar-refractivity contribution in [1.29, 1.82) is 0 Å². The van der Waals surface area contributed by atoms with Gasteiger partial charge in [0.25, 0.3) is 0 Å². The van der Waals surface area contributed by atoms with E-state index in [9.17, 15) is 13.2 Å². The summed E-state index contributed by atoms with van der Waals surface area (Å²) in [5.74, 6) is 0.673. The average molecular weight is 489 g/mol. The third-order valence-electron chi connectivity index (χ3n) is 4.80. The summed E-state index contributed by atoms with van der Waals surface area (Å²) in [6, 6.07) is 20.8. The fourth-order valence-corrected chi connectivity index (χ4v) is 5.63. The molecule has 0 aliphatic heterocycles. The van der Waals surface area contributed by atoms with E-state index in [1.807, 2.05) is 42.5 Å². The number of benzene rings is 3. The summed E-state index contributed by atoms with van der Waals surface area (Å²) < 4.78 is 36.2. The first kappa shape index (κ1) is 22.5. The maximum atomic E-state index is 12.9. The molecule has 1 heterocycles. The van der Waals surface area contributed by atoms with Crippen LogP contribution < -0.4 is 14.3 Å². The molecule has 0 unspecified atom stereocenters. The monoisotopic (exact) mass is 488 g/mol. The molecule has 4 rings (SSSR count). The fraction of sp³-hybridized carbons (Fsp3) is 0.174. The molecule has 1 aromatic heterocycles. The molecule has 9 heteroatoms. The van der Waals surface area contributed by atoms with Crippen molar-refractivity contribution >= 4 is 43.2 Å². The molecule has 0 bridgehead atoms. The lowest BCUT2D eigenvalue weighted by Gasteiger charge is -2.15. The molecule has 1 N–H and O–H groups in total. The highest BCUT2D eigenvalue weighted by Gasteiger charge is 2.20. The van der Waals surface area contributed by atoms with Gasteiger partial charge in [-0.05, 0) is 55.0 Å². The zero-order valence-corrected chi connectivity index (χ0v) is 19.6. The molecule has 6 nitrogen and oxygen atoms in total. The Hall–Kier alpha value is -2.65. The topological polar surface area (TPSA) is 77.4 Å². The van der Waals surface area contributed by atoms with Gasteiger partial charge in [0.15, 0.2) is 0 Å². The molecule has 0 radical (unpaired) electrons. The van der Waals surface area contributed by atoms with E-state index in [4.69, 9.17) is 16.3 Å². The van der Waals surface area contributed by atoms with Crippen LogP contribution in [-0.4, -0.2) is 25.6 Å². The first-order valence-corrected chi connectivity index (χ1v) is 12.6. The van der Waals surface area contributed by atoms with E-state index in [2.05, 4.69) is 4.72 Å². The molecule has 4 aromatic rings. The Labute approximate surface area is 195 Å². The van der Waals surface area contributed by atoms with Crippen molar-refractivity contribution in [3.05, 3.63) is 93.0 Å². The molecule has 0 fully saturated rings. The van der Waals surface area contributed by atoms with Gasteiger partial charge < -0.3 is 4.74 Å². The molecule has 3 aromatic carbocycles. The van der Waals surface area contributed by atoms with Gasteiger partial charge in [0, 0.05) is 5.02 Å². The number of ether oxygens (including phenoxy) is 1. The number of aromatic nitrogens is 1. The molecule has 0 saturated heterocycles. The van der Waals surface area contributed by atoms with E-state index in [0.717, 1.165) is 16.9 Å². The van der Waals surface area contributed by atoms with Crippen LogP contribution >= 0.6 is 22.9 Å². The zero-order chi connectivity index (χ0) is 22.7. The van der Waals surface area contributed by atoms with Crippen molar-refractivity contribution in [2.45, 2.75) is 24.4 Å². The van der Waals surface area contributed by atoms with Crippen LogP contribution in [-0.2, 0) is 16.6 Å². The summed E-state index contributed by atoms with van der Waals surface area (Å²) in [4.78, 5) is 12.5. The number of fused-ring (bicyclic) bond motifs is 1. The molecule has 0 aliphatic carbocycles. The van der Waals surface area contributed by atoms with E-state index in [1.54, 1.807) is 29.7 Å². The fourth-order valence-electron chi connectivity index (χ4n) is 3.24. The highest BCUT2D eigenvalue weighted by molar-refractivity contribution is 7.89. The number of rotatable bonds is 8. The van der Waals surface area contributed by atoms with Crippen LogP contribution in [0.3, 0.4) is 0 Å². The van der Waals surface area contributed by atoms with Crippen molar-refractivity contribution < 1.29 is 13.2 Å². The molecule has 0 saturated carbocycles. The van der Waals surface area contributed by atoms with Crippen LogP contribution in [0.1, 0.15) is 12.5 Å². The number of nitrogens with zero attached hydrogens (tertiary/aromatic N) is 1. The number of thiazole rings is 1. The van der Waals surface area contributed by atoms with Gasteiger partial charge in [0.1, 0.15) is 12.4 Å². The number of nitrogens with one attached hydrogen (secondary N) is 1. The smallest absolute Gasteiger partial charge is 0.308 e. The highest BCUT2D eigenvalue weighted by atomic mass is 35.5. The first-order valence-electron chi connectivity index (χ1n) is 9.90. The van der Waals surface area contributed by atoms with Crippen LogP contribution in [0.25, 0.3) is 10.2 Å². The Bertz CT molecular complexity index is 1380. The normalized spacial score (nSPS) is 12.7. The Balaban J connectivity index is 1.51. The zero-order valence-electron chi connectivity index (χ0n) is 17.2. The van der Waals surface area contributed by atoms with E-state index < -0.39 is 16.1 Å². The predicted molar refractivity (Wildman–Crippen MR) is 128 cm³/mol. The molecule has 0 spiro atoms. The predicted octanol–water partition coefficient (Wildman–Crippen LogP) is 4.51. The summed E-state index contributed by atoms with van der Waals surface area (Å²) in [5.41, 5.74) is 1.62. The maximum Gasteiger partial charge on any atom is 0.308 e. The van der Waals surface area contributed by atoms with E-state index in [1.165, 1.54) is 12.1 Å². The molecule has 1 atom stereocenters. The maximum absolute atomic E-state index is 12.9.